The molecule has 0 amide bonds. The molecule has 0 aliphatic heterocycles. The monoisotopic (exact) mass is 309 g/mol. The lowest BCUT2D eigenvalue weighted by Gasteiger charge is -2.12. The van der Waals surface area contributed by atoms with Crippen LogP contribution >= 0.6 is 23.4 Å². The summed E-state index contributed by atoms with van der Waals surface area (Å²) in [7, 11) is 1.30. The molecule has 0 radical (unpaired) electrons. The first-order valence-corrected chi connectivity index (χ1v) is 7.27. The standard InChI is InChI=1S/C13H12ClN3O2S/c1-19-12(18)8-7-15-13(14)17-11(8)16-9-5-3-4-6-10(9)20-2/h3-7H,1-2H3,(H,15,16,17). The minimum Gasteiger partial charge on any atom is -0.465 e. The van der Waals surface area contributed by atoms with E-state index < -0.39 is 5.97 Å². The Morgan fingerprint density at radius 2 is 2.15 bits per heavy atom. The lowest BCUT2D eigenvalue weighted by molar-refractivity contribution is 0.0601. The molecule has 0 saturated carbocycles. The van der Waals surface area contributed by atoms with Gasteiger partial charge in [0.15, 0.2) is 0 Å². The highest BCUT2D eigenvalue weighted by Gasteiger charge is 2.15. The Morgan fingerprint density at radius 3 is 2.85 bits per heavy atom. The largest absolute Gasteiger partial charge is 0.465 e. The Kier molecular flexibility index (Phi) is 4.81. The Bertz CT molecular complexity index is 637. The van der Waals surface area contributed by atoms with Crippen LogP contribution in [0.1, 0.15) is 10.4 Å². The van der Waals surface area contributed by atoms with Crippen molar-refractivity contribution < 1.29 is 9.53 Å². The highest BCUT2D eigenvalue weighted by Crippen LogP contribution is 2.28. The molecule has 7 heteroatoms. The molecular formula is C13H12ClN3O2S. The molecule has 0 aliphatic rings. The van der Waals surface area contributed by atoms with E-state index in [1.165, 1.54) is 13.3 Å². The molecule has 1 aromatic carbocycles. The van der Waals surface area contributed by atoms with Crippen molar-refractivity contribution in [2.75, 3.05) is 18.7 Å². The minimum absolute atomic E-state index is 0.0572. The predicted octanol–water partition coefficient (Wildman–Crippen LogP) is 3.38. The summed E-state index contributed by atoms with van der Waals surface area (Å²) < 4.78 is 4.70. The van der Waals surface area contributed by atoms with Crippen molar-refractivity contribution in [2.24, 2.45) is 0 Å². The van der Waals surface area contributed by atoms with Gasteiger partial charge in [0.05, 0.1) is 12.8 Å². The summed E-state index contributed by atoms with van der Waals surface area (Å²) in [5, 5.41) is 3.15. The van der Waals surface area contributed by atoms with E-state index >= 15 is 0 Å². The number of anilines is 2. The number of aromatic nitrogens is 2. The van der Waals surface area contributed by atoms with E-state index in [4.69, 9.17) is 16.3 Å². The van der Waals surface area contributed by atoms with Crippen molar-refractivity contribution in [3.8, 4) is 0 Å². The molecule has 0 bridgehead atoms. The van der Waals surface area contributed by atoms with E-state index in [1.54, 1.807) is 11.8 Å². The summed E-state index contributed by atoms with van der Waals surface area (Å²) >= 11 is 7.37. The second-order valence-electron chi connectivity index (χ2n) is 3.72. The molecule has 2 aromatic rings. The Balaban J connectivity index is 2.42. The quantitative estimate of drug-likeness (QED) is 0.530. The van der Waals surface area contributed by atoms with E-state index in [-0.39, 0.29) is 10.8 Å². The number of nitrogens with zero attached hydrogens (tertiary/aromatic N) is 2. The van der Waals surface area contributed by atoms with Crippen LogP contribution in [0.3, 0.4) is 0 Å². The van der Waals surface area contributed by atoms with Gasteiger partial charge < -0.3 is 10.1 Å². The zero-order valence-corrected chi connectivity index (χ0v) is 12.5. The number of para-hydroxylation sites is 1. The van der Waals surface area contributed by atoms with Gasteiger partial charge in [0.1, 0.15) is 11.4 Å². The lowest BCUT2D eigenvalue weighted by Crippen LogP contribution is -2.08. The van der Waals surface area contributed by atoms with Crippen molar-refractivity contribution in [3.05, 3.63) is 41.3 Å². The number of thioether (sulfide) groups is 1. The van der Waals surface area contributed by atoms with Crippen LogP contribution in [0.25, 0.3) is 0 Å². The first-order valence-electron chi connectivity index (χ1n) is 5.66. The maximum Gasteiger partial charge on any atom is 0.343 e. The van der Waals surface area contributed by atoms with Crippen LogP contribution in [0, 0.1) is 0 Å². The highest BCUT2D eigenvalue weighted by atomic mass is 35.5. The van der Waals surface area contributed by atoms with Gasteiger partial charge in [0, 0.05) is 11.1 Å². The van der Waals surface area contributed by atoms with Crippen LogP contribution in [0.15, 0.2) is 35.4 Å². The van der Waals surface area contributed by atoms with E-state index in [2.05, 4.69) is 15.3 Å². The molecule has 0 spiro atoms. The summed E-state index contributed by atoms with van der Waals surface area (Å²) in [4.78, 5) is 20.6. The number of halogens is 1. The summed E-state index contributed by atoms with van der Waals surface area (Å²) in [5.74, 6) is -0.204. The molecule has 20 heavy (non-hydrogen) atoms. The molecule has 1 heterocycles. The number of rotatable bonds is 4. The number of carbonyl (C=O) groups is 1. The van der Waals surface area contributed by atoms with Crippen LogP contribution in [-0.4, -0.2) is 29.3 Å². The fourth-order valence-electron chi connectivity index (χ4n) is 1.59. The number of hydrogen-bond acceptors (Lipinski definition) is 6. The van der Waals surface area contributed by atoms with Gasteiger partial charge in [-0.05, 0) is 30.0 Å². The number of benzene rings is 1. The van der Waals surface area contributed by atoms with E-state index in [0.717, 1.165) is 10.6 Å². The van der Waals surface area contributed by atoms with Crippen molar-refractivity contribution >= 4 is 40.8 Å². The number of methoxy groups -OCH3 is 1. The van der Waals surface area contributed by atoms with Crippen molar-refractivity contribution in [1.82, 2.24) is 9.97 Å². The smallest absolute Gasteiger partial charge is 0.343 e. The van der Waals surface area contributed by atoms with Gasteiger partial charge in [-0.2, -0.15) is 4.98 Å². The normalized spacial score (nSPS) is 10.2. The van der Waals surface area contributed by atoms with Gasteiger partial charge in [0.25, 0.3) is 0 Å². The van der Waals surface area contributed by atoms with Crippen LogP contribution in [-0.2, 0) is 4.74 Å². The molecule has 0 atom stereocenters. The van der Waals surface area contributed by atoms with Crippen molar-refractivity contribution in [3.63, 3.8) is 0 Å². The summed E-state index contributed by atoms with van der Waals surface area (Å²) in [6.45, 7) is 0. The van der Waals surface area contributed by atoms with Gasteiger partial charge in [-0.25, -0.2) is 9.78 Å². The third-order valence-electron chi connectivity index (χ3n) is 2.52. The van der Waals surface area contributed by atoms with Gasteiger partial charge in [-0.3, -0.25) is 0 Å². The molecule has 1 N–H and O–H groups in total. The lowest BCUT2D eigenvalue weighted by atomic mass is 10.2. The van der Waals surface area contributed by atoms with Gasteiger partial charge in [-0.15, -0.1) is 11.8 Å². The Morgan fingerprint density at radius 1 is 1.40 bits per heavy atom. The molecule has 104 valence electrons. The molecule has 2 rings (SSSR count). The zero-order valence-electron chi connectivity index (χ0n) is 10.9. The van der Waals surface area contributed by atoms with Gasteiger partial charge in [0.2, 0.25) is 5.28 Å². The third-order valence-corrected chi connectivity index (χ3v) is 3.50. The number of esters is 1. The fraction of sp³-hybridized carbons (Fsp3) is 0.154. The number of ether oxygens (including phenoxy) is 1. The number of hydrogen-bond donors (Lipinski definition) is 1. The maximum atomic E-state index is 11.7. The average molecular weight is 310 g/mol. The summed E-state index contributed by atoms with van der Waals surface area (Å²) in [6.07, 6.45) is 3.31. The van der Waals surface area contributed by atoms with E-state index in [1.807, 2.05) is 30.5 Å². The van der Waals surface area contributed by atoms with Crippen LogP contribution in [0.2, 0.25) is 5.28 Å². The maximum absolute atomic E-state index is 11.7. The zero-order chi connectivity index (χ0) is 14.5. The number of nitrogens with one attached hydrogen (secondary N) is 1. The Hall–Kier alpha value is -1.79. The molecule has 0 unspecified atom stereocenters. The number of carbonyl (C=O) groups excluding carboxylic acids is 1. The average Bonchev–Trinajstić information content (AvgIpc) is 2.47. The molecule has 1 aromatic heterocycles. The second-order valence-corrected chi connectivity index (χ2v) is 4.90. The highest BCUT2D eigenvalue weighted by molar-refractivity contribution is 7.98. The predicted molar refractivity (Wildman–Crippen MR) is 79.9 cm³/mol. The van der Waals surface area contributed by atoms with Gasteiger partial charge in [-0.1, -0.05) is 12.1 Å². The molecular weight excluding hydrogens is 298 g/mol. The SMILES string of the molecule is COC(=O)c1cnc(Cl)nc1Nc1ccccc1SC. The van der Waals surface area contributed by atoms with Crippen molar-refractivity contribution in [2.45, 2.75) is 4.90 Å². The molecule has 0 fully saturated rings. The molecule has 0 saturated heterocycles. The van der Waals surface area contributed by atoms with Crippen LogP contribution < -0.4 is 5.32 Å². The topological polar surface area (TPSA) is 64.1 Å². The van der Waals surface area contributed by atoms with E-state index in [0.29, 0.717) is 5.82 Å². The Labute approximate surface area is 125 Å². The van der Waals surface area contributed by atoms with Crippen molar-refractivity contribution in [1.29, 1.82) is 0 Å². The first-order chi connectivity index (χ1) is 9.65. The van der Waals surface area contributed by atoms with Crippen LogP contribution in [0.5, 0.6) is 0 Å². The van der Waals surface area contributed by atoms with Gasteiger partial charge >= 0.3 is 5.97 Å². The molecule has 0 aliphatic carbocycles. The summed E-state index contributed by atoms with van der Waals surface area (Å²) in [5.41, 5.74) is 1.06. The molecule has 5 nitrogen and oxygen atoms in total. The summed E-state index contributed by atoms with van der Waals surface area (Å²) in [6, 6.07) is 7.68. The minimum atomic E-state index is -0.522. The van der Waals surface area contributed by atoms with Crippen LogP contribution in [0.4, 0.5) is 11.5 Å². The van der Waals surface area contributed by atoms with E-state index in [9.17, 15) is 4.79 Å². The first kappa shape index (κ1) is 14.6. The third kappa shape index (κ3) is 3.20. The second kappa shape index (κ2) is 6.58. The fourth-order valence-corrected chi connectivity index (χ4v) is 2.28.